The van der Waals surface area contributed by atoms with E-state index in [0.717, 1.165) is 0 Å². The number of carboxylic acid groups (broad SMARTS) is 2. The monoisotopic (exact) mass is 414 g/mol. The summed E-state index contributed by atoms with van der Waals surface area (Å²) in [7, 11) is 0. The molecule has 1 aliphatic rings. The van der Waals surface area contributed by atoms with Crippen LogP contribution in [0.1, 0.15) is 46.5 Å². The molecule has 0 aromatic carbocycles. The van der Waals surface area contributed by atoms with Crippen LogP contribution >= 0.6 is 0 Å². The Kier molecular flexibility index (Phi) is 9.02. The standard InChI is InChI=1S/C18H30N4O7/c1-9(2)7-11(20-15(25)10(3)19)17(27)22-6-4-5-13(22)16(26)21-12(18(28)29)8-14(23)24/h9-13H,4-8,19H2,1-3H3,(H,20,25)(H,21,26)(H,23,24)(H,28,29). The Hall–Kier alpha value is -2.69. The average molecular weight is 414 g/mol. The van der Waals surface area contributed by atoms with Gasteiger partial charge in [-0.15, -0.1) is 0 Å². The number of nitrogens with one attached hydrogen (secondary N) is 2. The van der Waals surface area contributed by atoms with Gasteiger partial charge in [0.2, 0.25) is 17.7 Å². The fourth-order valence-corrected chi connectivity index (χ4v) is 3.14. The van der Waals surface area contributed by atoms with E-state index in [-0.39, 0.29) is 12.5 Å². The zero-order valence-corrected chi connectivity index (χ0v) is 16.9. The molecule has 6 N–H and O–H groups in total. The van der Waals surface area contributed by atoms with Gasteiger partial charge in [0.05, 0.1) is 12.5 Å². The molecule has 3 amide bonds. The van der Waals surface area contributed by atoms with Gasteiger partial charge in [-0.05, 0) is 32.1 Å². The number of likely N-dealkylation sites (tertiary alicyclic amines) is 1. The van der Waals surface area contributed by atoms with Gasteiger partial charge < -0.3 is 31.5 Å². The second-order valence-corrected chi connectivity index (χ2v) is 7.67. The third kappa shape index (κ3) is 7.33. The van der Waals surface area contributed by atoms with Gasteiger partial charge in [0.1, 0.15) is 18.1 Å². The van der Waals surface area contributed by atoms with Gasteiger partial charge in [-0.2, -0.15) is 0 Å². The molecule has 0 aromatic rings. The quantitative estimate of drug-likeness (QED) is 0.299. The molecule has 1 fully saturated rings. The highest BCUT2D eigenvalue weighted by atomic mass is 16.4. The molecular formula is C18H30N4O7. The maximum atomic E-state index is 13.0. The molecule has 1 saturated heterocycles. The number of carbonyl (C=O) groups excluding carboxylic acids is 3. The van der Waals surface area contributed by atoms with E-state index in [4.69, 9.17) is 15.9 Å². The Morgan fingerprint density at radius 2 is 1.69 bits per heavy atom. The summed E-state index contributed by atoms with van der Waals surface area (Å²) >= 11 is 0. The van der Waals surface area contributed by atoms with Gasteiger partial charge in [-0.3, -0.25) is 19.2 Å². The van der Waals surface area contributed by atoms with Crippen LogP contribution in [-0.2, 0) is 24.0 Å². The molecule has 29 heavy (non-hydrogen) atoms. The zero-order valence-electron chi connectivity index (χ0n) is 16.9. The SMILES string of the molecule is CC(C)CC(NC(=O)C(C)N)C(=O)N1CCCC1C(=O)NC(CC(=O)O)C(=O)O. The molecule has 1 aliphatic heterocycles. The summed E-state index contributed by atoms with van der Waals surface area (Å²) in [6, 6.07) is -4.19. The highest BCUT2D eigenvalue weighted by molar-refractivity contribution is 5.95. The van der Waals surface area contributed by atoms with E-state index < -0.39 is 60.2 Å². The van der Waals surface area contributed by atoms with Gasteiger partial charge in [-0.25, -0.2) is 4.79 Å². The first kappa shape index (κ1) is 24.3. The molecule has 4 atom stereocenters. The van der Waals surface area contributed by atoms with Gasteiger partial charge in [0.15, 0.2) is 0 Å². The van der Waals surface area contributed by atoms with E-state index in [2.05, 4.69) is 10.6 Å². The van der Waals surface area contributed by atoms with Gasteiger partial charge in [-0.1, -0.05) is 13.8 Å². The normalized spacial score (nSPS) is 19.3. The number of rotatable bonds is 10. The molecule has 11 nitrogen and oxygen atoms in total. The van der Waals surface area contributed by atoms with Crippen LogP contribution in [0.4, 0.5) is 0 Å². The van der Waals surface area contributed by atoms with E-state index in [0.29, 0.717) is 19.3 Å². The Morgan fingerprint density at radius 1 is 1.07 bits per heavy atom. The molecule has 0 bridgehead atoms. The molecule has 0 radical (unpaired) electrons. The van der Waals surface area contributed by atoms with E-state index in [1.54, 1.807) is 0 Å². The maximum absolute atomic E-state index is 13.0. The van der Waals surface area contributed by atoms with Crippen molar-refractivity contribution in [3.05, 3.63) is 0 Å². The van der Waals surface area contributed by atoms with Crippen molar-refractivity contribution in [1.82, 2.24) is 15.5 Å². The Bertz CT molecular complexity index is 650. The molecule has 0 aliphatic carbocycles. The van der Waals surface area contributed by atoms with E-state index in [1.165, 1.54) is 11.8 Å². The minimum Gasteiger partial charge on any atom is -0.481 e. The number of aliphatic carboxylic acids is 2. The first-order valence-electron chi connectivity index (χ1n) is 9.55. The van der Waals surface area contributed by atoms with E-state index in [9.17, 15) is 24.0 Å². The molecule has 0 saturated carbocycles. The Labute approximate surface area is 169 Å². The van der Waals surface area contributed by atoms with Gasteiger partial charge in [0, 0.05) is 6.54 Å². The summed E-state index contributed by atoms with van der Waals surface area (Å²) in [5, 5.41) is 22.7. The lowest BCUT2D eigenvalue weighted by Gasteiger charge is -2.30. The number of nitrogens with two attached hydrogens (primary N) is 1. The highest BCUT2D eigenvalue weighted by Crippen LogP contribution is 2.21. The molecule has 4 unspecified atom stereocenters. The minimum absolute atomic E-state index is 0.0826. The maximum Gasteiger partial charge on any atom is 0.326 e. The summed E-state index contributed by atoms with van der Waals surface area (Å²) in [5.41, 5.74) is 5.56. The summed E-state index contributed by atoms with van der Waals surface area (Å²) in [6.45, 7) is 5.54. The fourth-order valence-electron chi connectivity index (χ4n) is 3.14. The minimum atomic E-state index is -1.60. The van der Waals surface area contributed by atoms with Crippen molar-refractivity contribution in [1.29, 1.82) is 0 Å². The average Bonchev–Trinajstić information content (AvgIpc) is 3.08. The second kappa shape index (κ2) is 10.7. The number of nitrogens with zero attached hydrogens (tertiary/aromatic N) is 1. The lowest BCUT2D eigenvalue weighted by molar-refractivity contribution is -0.148. The third-order valence-electron chi connectivity index (χ3n) is 4.57. The number of carboxylic acids is 2. The van der Waals surface area contributed by atoms with Crippen LogP contribution in [0.2, 0.25) is 0 Å². The van der Waals surface area contributed by atoms with Crippen LogP contribution in [-0.4, -0.2) is 75.5 Å². The van der Waals surface area contributed by atoms with Crippen LogP contribution in [0.15, 0.2) is 0 Å². The molecule has 0 aromatic heterocycles. The first-order valence-corrected chi connectivity index (χ1v) is 9.55. The smallest absolute Gasteiger partial charge is 0.326 e. The number of amides is 3. The van der Waals surface area contributed by atoms with Crippen molar-refractivity contribution in [3.8, 4) is 0 Å². The fraction of sp³-hybridized carbons (Fsp3) is 0.722. The first-order chi connectivity index (χ1) is 13.4. The molecule has 0 spiro atoms. The van der Waals surface area contributed by atoms with E-state index >= 15 is 0 Å². The zero-order chi connectivity index (χ0) is 22.3. The topological polar surface area (TPSA) is 179 Å². The summed E-state index contributed by atoms with van der Waals surface area (Å²) in [4.78, 5) is 60.9. The number of carbonyl (C=O) groups is 5. The van der Waals surface area contributed by atoms with Crippen LogP contribution in [0.5, 0.6) is 0 Å². The predicted molar refractivity (Wildman–Crippen MR) is 102 cm³/mol. The van der Waals surface area contributed by atoms with E-state index in [1.807, 2.05) is 13.8 Å². The van der Waals surface area contributed by atoms with Crippen molar-refractivity contribution < 1.29 is 34.2 Å². The van der Waals surface area contributed by atoms with Crippen LogP contribution in [0.3, 0.4) is 0 Å². The Balaban J connectivity index is 2.94. The summed E-state index contributed by atoms with van der Waals surface area (Å²) < 4.78 is 0. The van der Waals surface area contributed by atoms with Crippen molar-refractivity contribution >= 4 is 29.7 Å². The number of hydrogen-bond acceptors (Lipinski definition) is 6. The number of hydrogen-bond donors (Lipinski definition) is 5. The largest absolute Gasteiger partial charge is 0.481 e. The Morgan fingerprint density at radius 3 is 2.17 bits per heavy atom. The summed E-state index contributed by atoms with van der Waals surface area (Å²) in [6.07, 6.45) is 0.407. The van der Waals surface area contributed by atoms with Crippen molar-refractivity contribution in [2.24, 2.45) is 11.7 Å². The molecule has 1 heterocycles. The molecule has 11 heteroatoms. The molecular weight excluding hydrogens is 384 g/mol. The van der Waals surface area contributed by atoms with Gasteiger partial charge >= 0.3 is 11.9 Å². The van der Waals surface area contributed by atoms with Crippen LogP contribution < -0.4 is 16.4 Å². The van der Waals surface area contributed by atoms with Crippen LogP contribution in [0.25, 0.3) is 0 Å². The lowest BCUT2D eigenvalue weighted by Crippen LogP contribution is -2.56. The lowest BCUT2D eigenvalue weighted by atomic mass is 10.0. The van der Waals surface area contributed by atoms with Crippen molar-refractivity contribution in [2.75, 3.05) is 6.54 Å². The summed E-state index contributed by atoms with van der Waals surface area (Å²) in [5.74, 6) is -4.43. The molecule has 1 rings (SSSR count). The highest BCUT2D eigenvalue weighted by Gasteiger charge is 2.39. The molecule has 164 valence electrons. The van der Waals surface area contributed by atoms with Gasteiger partial charge in [0.25, 0.3) is 0 Å². The third-order valence-corrected chi connectivity index (χ3v) is 4.57. The predicted octanol–water partition coefficient (Wildman–Crippen LogP) is -1.10. The van der Waals surface area contributed by atoms with Crippen LogP contribution in [0, 0.1) is 5.92 Å². The van der Waals surface area contributed by atoms with Crippen molar-refractivity contribution in [2.45, 2.75) is 70.6 Å². The second-order valence-electron chi connectivity index (χ2n) is 7.67. The van der Waals surface area contributed by atoms with Crippen molar-refractivity contribution in [3.63, 3.8) is 0 Å².